The Hall–Kier alpha value is -1.73. The maximum atomic E-state index is 12.1. The number of hydrogen-bond acceptors (Lipinski definition) is 5. The van der Waals surface area contributed by atoms with Gasteiger partial charge in [0.05, 0.1) is 0 Å². The summed E-state index contributed by atoms with van der Waals surface area (Å²) in [6.07, 6.45) is 0. The van der Waals surface area contributed by atoms with Crippen LogP contribution in [0.1, 0.15) is 29.9 Å². The first-order valence-corrected chi connectivity index (χ1v) is 8.22. The number of carbonyl (C=O) groups is 2. The van der Waals surface area contributed by atoms with E-state index in [0.29, 0.717) is 10.8 Å². The van der Waals surface area contributed by atoms with Crippen LogP contribution in [0, 0.1) is 6.92 Å². The molecule has 0 radical (unpaired) electrons. The maximum absolute atomic E-state index is 12.1. The molecule has 7 heteroatoms. The number of amides is 1. The number of halogens is 1. The van der Waals surface area contributed by atoms with Gasteiger partial charge >= 0.3 is 0 Å². The molecule has 22 heavy (non-hydrogen) atoms. The van der Waals surface area contributed by atoms with Crippen LogP contribution < -0.4 is 10.6 Å². The van der Waals surface area contributed by atoms with Crippen molar-refractivity contribution in [3.63, 3.8) is 0 Å². The third-order valence-corrected chi connectivity index (χ3v) is 4.01. The molecule has 2 aromatic rings. The number of benzene rings is 1. The van der Waals surface area contributed by atoms with Crippen molar-refractivity contribution in [3.05, 3.63) is 39.3 Å². The Morgan fingerprint density at radius 2 is 1.95 bits per heavy atom. The number of aryl methyl sites for hydroxylation is 1. The topological polar surface area (TPSA) is 71.1 Å². The minimum absolute atomic E-state index is 0.217. The highest BCUT2D eigenvalue weighted by atomic mass is 79.9. The average molecular weight is 386 g/mol. The monoisotopic (exact) mass is 385 g/mol. The highest BCUT2D eigenvalue weighted by molar-refractivity contribution is 9.11. The van der Waals surface area contributed by atoms with Crippen LogP contribution in [0.2, 0.25) is 0 Å². The van der Waals surface area contributed by atoms with Crippen molar-refractivity contribution in [1.82, 2.24) is 4.98 Å². The number of rotatable bonds is 3. The van der Waals surface area contributed by atoms with Gasteiger partial charge in [0.15, 0.2) is 10.8 Å². The second-order valence-electron chi connectivity index (χ2n) is 3.71. The van der Waals surface area contributed by atoms with Crippen LogP contribution in [-0.2, 0) is 4.79 Å². The van der Waals surface area contributed by atoms with Gasteiger partial charge in [-0.05, 0) is 40.5 Å². The Morgan fingerprint density at radius 1 is 1.32 bits per heavy atom. The van der Waals surface area contributed by atoms with Crippen molar-refractivity contribution in [2.45, 2.75) is 20.8 Å². The smallest absolute Gasteiger partial charge is 0.276 e. The molecule has 0 unspecified atom stereocenters. The van der Waals surface area contributed by atoms with Crippen LogP contribution in [0.3, 0.4) is 0 Å². The molecule has 0 aliphatic rings. The second-order valence-corrected chi connectivity index (χ2v) is 6.03. The van der Waals surface area contributed by atoms with Gasteiger partial charge in [-0.3, -0.25) is 4.79 Å². The van der Waals surface area contributed by atoms with Crippen molar-refractivity contribution in [3.8, 4) is 0 Å². The van der Waals surface area contributed by atoms with Gasteiger partial charge in [-0.2, -0.15) is 0 Å². The van der Waals surface area contributed by atoms with E-state index >= 15 is 0 Å². The van der Waals surface area contributed by atoms with Gasteiger partial charge in [-0.1, -0.05) is 37.3 Å². The quantitative estimate of drug-likeness (QED) is 0.823. The first kappa shape index (κ1) is 20.3. The fourth-order valence-electron chi connectivity index (χ4n) is 1.46. The molecule has 0 atom stereocenters. The lowest BCUT2D eigenvalue weighted by Gasteiger charge is -2.04. The Bertz CT molecular complexity index is 602. The van der Waals surface area contributed by atoms with E-state index in [0.717, 1.165) is 15.0 Å². The highest BCUT2D eigenvalue weighted by Gasteiger charge is 2.16. The number of thiazole rings is 1. The molecule has 0 saturated carbocycles. The zero-order chi connectivity index (χ0) is 17.1. The third-order valence-electron chi connectivity index (χ3n) is 2.29. The summed E-state index contributed by atoms with van der Waals surface area (Å²) in [5, 5.41) is 6.44. The molecule has 1 aromatic heterocycles. The van der Waals surface area contributed by atoms with Gasteiger partial charge in [0.1, 0.15) is 10.6 Å². The van der Waals surface area contributed by atoms with Crippen molar-refractivity contribution in [2.75, 3.05) is 17.7 Å². The number of carbonyl (C=O) groups excluding carboxylic acids is 2. The van der Waals surface area contributed by atoms with E-state index in [9.17, 15) is 4.79 Å². The minimum atomic E-state index is -0.217. The molecule has 120 valence electrons. The second kappa shape index (κ2) is 10.9. The molecule has 1 heterocycles. The molecule has 0 spiro atoms. The van der Waals surface area contributed by atoms with E-state index in [-0.39, 0.29) is 5.91 Å². The SMILES string of the molecule is C=O.CC.CNc1nc(C(=O)Nc2cccc(C)c2)c(Br)s1. The molecule has 0 saturated heterocycles. The van der Waals surface area contributed by atoms with Crippen LogP contribution in [-0.4, -0.2) is 24.7 Å². The average Bonchev–Trinajstić information content (AvgIpc) is 2.92. The van der Waals surface area contributed by atoms with Gasteiger partial charge in [-0.15, -0.1) is 0 Å². The summed E-state index contributed by atoms with van der Waals surface area (Å²) in [5.41, 5.74) is 2.26. The first-order valence-electron chi connectivity index (χ1n) is 6.61. The fraction of sp³-hybridized carbons (Fsp3) is 0.267. The summed E-state index contributed by atoms with van der Waals surface area (Å²) in [7, 11) is 1.77. The Labute approximate surface area is 143 Å². The van der Waals surface area contributed by atoms with Crippen molar-refractivity contribution in [2.24, 2.45) is 0 Å². The summed E-state index contributed by atoms with van der Waals surface area (Å²) in [6.45, 7) is 7.98. The number of anilines is 2. The van der Waals surface area contributed by atoms with Gasteiger partial charge in [0.2, 0.25) is 0 Å². The van der Waals surface area contributed by atoms with E-state index in [2.05, 4.69) is 31.5 Å². The van der Waals surface area contributed by atoms with E-state index in [1.807, 2.05) is 51.8 Å². The van der Waals surface area contributed by atoms with Crippen molar-refractivity contribution < 1.29 is 9.59 Å². The van der Waals surface area contributed by atoms with Crippen molar-refractivity contribution >= 4 is 50.8 Å². The molecule has 1 amide bonds. The summed E-state index contributed by atoms with van der Waals surface area (Å²) < 4.78 is 0.719. The van der Waals surface area contributed by atoms with E-state index in [4.69, 9.17) is 4.79 Å². The predicted molar refractivity (Wildman–Crippen MR) is 97.0 cm³/mol. The molecule has 0 aliphatic heterocycles. The normalized spacial score (nSPS) is 8.77. The predicted octanol–water partition coefficient (Wildman–Crippen LogP) is 4.35. The Kier molecular flexibility index (Phi) is 10.1. The summed E-state index contributed by atoms with van der Waals surface area (Å²) in [4.78, 5) is 24.2. The zero-order valence-corrected chi connectivity index (χ0v) is 15.5. The maximum Gasteiger partial charge on any atom is 0.276 e. The number of nitrogens with zero attached hydrogens (tertiary/aromatic N) is 1. The van der Waals surface area contributed by atoms with Crippen LogP contribution in [0.4, 0.5) is 10.8 Å². The third kappa shape index (κ3) is 5.95. The standard InChI is InChI=1S/C12H12BrN3OS.C2H6.CH2O/c1-7-4-3-5-8(6-7)15-11(17)9-10(13)18-12(14-2)16-9;2*1-2/h3-6H,1-2H3,(H,14,16)(H,15,17);1-2H3;1H2. The van der Waals surface area contributed by atoms with Crippen LogP contribution in [0.25, 0.3) is 0 Å². The molecule has 0 aliphatic carbocycles. The van der Waals surface area contributed by atoms with Crippen LogP contribution in [0.5, 0.6) is 0 Å². The van der Waals surface area contributed by atoms with E-state index in [1.165, 1.54) is 11.3 Å². The van der Waals surface area contributed by atoms with Gasteiger partial charge in [-0.25, -0.2) is 4.98 Å². The first-order chi connectivity index (χ1) is 10.6. The van der Waals surface area contributed by atoms with E-state index < -0.39 is 0 Å². The van der Waals surface area contributed by atoms with Crippen LogP contribution in [0.15, 0.2) is 28.1 Å². The summed E-state index contributed by atoms with van der Waals surface area (Å²) in [5.74, 6) is -0.217. The van der Waals surface area contributed by atoms with Gasteiger partial charge < -0.3 is 15.4 Å². The lowest BCUT2D eigenvalue weighted by molar-refractivity contribution is -0.0979. The molecule has 0 fully saturated rings. The van der Waals surface area contributed by atoms with E-state index in [1.54, 1.807) is 7.05 Å². The number of nitrogens with one attached hydrogen (secondary N) is 2. The fourth-order valence-corrected chi connectivity index (χ4v) is 2.83. The molecule has 2 N–H and O–H groups in total. The lowest BCUT2D eigenvalue weighted by Crippen LogP contribution is -2.13. The molecular formula is C15H20BrN3O2S. The van der Waals surface area contributed by atoms with Crippen molar-refractivity contribution in [1.29, 1.82) is 0 Å². The highest BCUT2D eigenvalue weighted by Crippen LogP contribution is 2.28. The summed E-state index contributed by atoms with van der Waals surface area (Å²) in [6, 6.07) is 7.65. The van der Waals surface area contributed by atoms with Gasteiger partial charge in [0.25, 0.3) is 5.91 Å². The van der Waals surface area contributed by atoms with Gasteiger partial charge in [0, 0.05) is 12.7 Å². The molecular weight excluding hydrogens is 366 g/mol. The molecule has 1 aromatic carbocycles. The zero-order valence-electron chi connectivity index (χ0n) is 13.1. The number of hydrogen-bond donors (Lipinski definition) is 2. The van der Waals surface area contributed by atoms with Crippen LogP contribution >= 0.6 is 27.3 Å². The summed E-state index contributed by atoms with van der Waals surface area (Å²) >= 11 is 4.73. The number of aromatic nitrogens is 1. The minimum Gasteiger partial charge on any atom is -0.365 e. The largest absolute Gasteiger partial charge is 0.365 e. The Balaban J connectivity index is 0.00000102. The Morgan fingerprint density at radius 3 is 2.45 bits per heavy atom. The molecule has 5 nitrogen and oxygen atoms in total. The molecule has 2 rings (SSSR count). The molecule has 0 bridgehead atoms. The lowest BCUT2D eigenvalue weighted by atomic mass is 10.2.